The summed E-state index contributed by atoms with van der Waals surface area (Å²) in [5.74, 6) is 0.837. The molecule has 3 aromatic rings. The number of halogens is 2. The minimum Gasteiger partial charge on any atom is -0.231 e. The monoisotopic (exact) mass is 366 g/mol. The van der Waals surface area contributed by atoms with Crippen LogP contribution in [-0.2, 0) is 5.75 Å². The van der Waals surface area contributed by atoms with Crippen molar-refractivity contribution in [1.29, 1.82) is 0 Å². The summed E-state index contributed by atoms with van der Waals surface area (Å²) in [6.45, 7) is 2.09. The van der Waals surface area contributed by atoms with Crippen LogP contribution >= 0.6 is 46.3 Å². The summed E-state index contributed by atoms with van der Waals surface area (Å²) in [6.07, 6.45) is 1.75. The Morgan fingerprint density at radius 3 is 2.77 bits per heavy atom. The third kappa shape index (κ3) is 3.82. The van der Waals surface area contributed by atoms with Crippen molar-refractivity contribution in [3.63, 3.8) is 0 Å². The molecule has 0 aliphatic rings. The van der Waals surface area contributed by atoms with Crippen LogP contribution < -0.4 is 0 Å². The van der Waals surface area contributed by atoms with Crippen LogP contribution in [0.1, 0.15) is 11.1 Å². The third-order valence-electron chi connectivity index (χ3n) is 3.02. The summed E-state index contributed by atoms with van der Waals surface area (Å²) < 4.78 is 1.31. The second kappa shape index (κ2) is 7.01. The highest BCUT2D eigenvalue weighted by atomic mass is 35.5. The van der Waals surface area contributed by atoms with Crippen molar-refractivity contribution in [1.82, 2.24) is 9.97 Å². The topological polar surface area (TPSA) is 25.8 Å². The molecule has 2 aromatic heterocycles. The van der Waals surface area contributed by atoms with Crippen LogP contribution in [0.2, 0.25) is 8.67 Å². The van der Waals surface area contributed by atoms with E-state index in [4.69, 9.17) is 23.2 Å². The lowest BCUT2D eigenvalue weighted by Gasteiger charge is -2.04. The Hall–Kier alpha value is -1.07. The van der Waals surface area contributed by atoms with Gasteiger partial charge in [-0.3, -0.25) is 0 Å². The van der Waals surface area contributed by atoms with Gasteiger partial charge in [0.15, 0.2) is 5.16 Å². The zero-order chi connectivity index (χ0) is 15.5. The molecule has 0 radical (unpaired) electrons. The molecule has 0 amide bonds. The van der Waals surface area contributed by atoms with E-state index >= 15 is 0 Å². The predicted octanol–water partition coefficient (Wildman–Crippen LogP) is 6.11. The Labute approximate surface area is 147 Å². The van der Waals surface area contributed by atoms with Crippen molar-refractivity contribution in [3.05, 3.63) is 62.4 Å². The molecule has 0 aliphatic heterocycles. The highest BCUT2D eigenvalue weighted by Gasteiger charge is 2.11. The molecule has 6 heteroatoms. The standard InChI is InChI=1S/C16H12Cl2N2S2/c1-10-3-2-4-11(7-10)9-21-16-19-6-5-13(20-16)12-8-14(17)22-15(12)18/h2-8H,9H2,1H3. The van der Waals surface area contributed by atoms with Gasteiger partial charge < -0.3 is 0 Å². The molecule has 112 valence electrons. The van der Waals surface area contributed by atoms with E-state index in [0.717, 1.165) is 22.2 Å². The van der Waals surface area contributed by atoms with Crippen LogP contribution in [0.3, 0.4) is 0 Å². The number of nitrogens with zero attached hydrogens (tertiary/aromatic N) is 2. The lowest BCUT2D eigenvalue weighted by Crippen LogP contribution is -1.90. The predicted molar refractivity (Wildman–Crippen MR) is 96.1 cm³/mol. The van der Waals surface area contributed by atoms with Crippen molar-refractivity contribution < 1.29 is 0 Å². The number of aryl methyl sites for hydroxylation is 1. The van der Waals surface area contributed by atoms with Gasteiger partial charge >= 0.3 is 0 Å². The van der Waals surface area contributed by atoms with Crippen LogP contribution in [0.25, 0.3) is 11.3 Å². The Morgan fingerprint density at radius 2 is 2.05 bits per heavy atom. The van der Waals surface area contributed by atoms with E-state index in [1.807, 2.05) is 12.1 Å². The van der Waals surface area contributed by atoms with Gasteiger partial charge in [0.05, 0.1) is 10.0 Å². The van der Waals surface area contributed by atoms with Crippen LogP contribution in [-0.4, -0.2) is 9.97 Å². The van der Waals surface area contributed by atoms with E-state index in [1.165, 1.54) is 22.5 Å². The van der Waals surface area contributed by atoms with Crippen molar-refractivity contribution >= 4 is 46.3 Å². The molecule has 0 saturated carbocycles. The summed E-state index contributed by atoms with van der Waals surface area (Å²) in [4.78, 5) is 8.89. The van der Waals surface area contributed by atoms with Gasteiger partial charge in [-0.2, -0.15) is 0 Å². The summed E-state index contributed by atoms with van der Waals surface area (Å²) in [5.41, 5.74) is 4.18. The lowest BCUT2D eigenvalue weighted by molar-refractivity contribution is 0.972. The third-order valence-corrected chi connectivity index (χ3v) is 5.44. The Bertz CT molecular complexity index is 802. The molecular weight excluding hydrogens is 355 g/mol. The van der Waals surface area contributed by atoms with E-state index in [-0.39, 0.29) is 0 Å². The number of hydrogen-bond acceptors (Lipinski definition) is 4. The molecule has 0 bridgehead atoms. The van der Waals surface area contributed by atoms with Crippen molar-refractivity contribution in [2.24, 2.45) is 0 Å². The SMILES string of the molecule is Cc1cccc(CSc2nccc(-c3cc(Cl)sc3Cl)n2)c1. The van der Waals surface area contributed by atoms with Gasteiger partial charge in [0, 0.05) is 17.5 Å². The molecule has 0 atom stereocenters. The molecule has 22 heavy (non-hydrogen) atoms. The molecule has 0 spiro atoms. The van der Waals surface area contributed by atoms with E-state index < -0.39 is 0 Å². The summed E-state index contributed by atoms with van der Waals surface area (Å²) in [7, 11) is 0. The first-order valence-corrected chi connectivity index (χ1v) is 9.14. The quantitative estimate of drug-likeness (QED) is 0.411. The first kappa shape index (κ1) is 15.8. The van der Waals surface area contributed by atoms with E-state index in [2.05, 4.69) is 41.2 Å². The molecule has 0 N–H and O–H groups in total. The largest absolute Gasteiger partial charge is 0.231 e. The first-order chi connectivity index (χ1) is 10.6. The van der Waals surface area contributed by atoms with Gasteiger partial charge in [-0.25, -0.2) is 9.97 Å². The van der Waals surface area contributed by atoms with Crippen LogP contribution in [0.4, 0.5) is 0 Å². The maximum atomic E-state index is 6.19. The molecule has 1 aromatic carbocycles. The Morgan fingerprint density at radius 1 is 1.18 bits per heavy atom. The summed E-state index contributed by atoms with van der Waals surface area (Å²) >= 11 is 15.1. The minimum absolute atomic E-state index is 0.651. The highest BCUT2D eigenvalue weighted by molar-refractivity contribution is 7.98. The molecule has 2 heterocycles. The smallest absolute Gasteiger partial charge is 0.188 e. The van der Waals surface area contributed by atoms with Crippen LogP contribution in [0, 0.1) is 6.92 Å². The average Bonchev–Trinajstić information content (AvgIpc) is 2.84. The number of hydrogen-bond donors (Lipinski definition) is 0. The molecule has 3 rings (SSSR count). The van der Waals surface area contributed by atoms with Crippen molar-refractivity contribution in [2.45, 2.75) is 17.8 Å². The van der Waals surface area contributed by atoms with Gasteiger partial charge in [-0.15, -0.1) is 11.3 Å². The fourth-order valence-electron chi connectivity index (χ4n) is 2.03. The average molecular weight is 367 g/mol. The summed E-state index contributed by atoms with van der Waals surface area (Å²) in [5, 5.41) is 0.734. The zero-order valence-electron chi connectivity index (χ0n) is 11.7. The van der Waals surface area contributed by atoms with Crippen molar-refractivity contribution in [3.8, 4) is 11.3 Å². The lowest BCUT2D eigenvalue weighted by atomic mass is 10.2. The molecule has 0 aliphatic carbocycles. The van der Waals surface area contributed by atoms with E-state index in [9.17, 15) is 0 Å². The second-order valence-corrected chi connectivity index (χ2v) is 7.97. The van der Waals surface area contributed by atoms with Crippen LogP contribution in [0.15, 0.2) is 47.8 Å². The number of thioether (sulfide) groups is 1. The van der Waals surface area contributed by atoms with Gasteiger partial charge in [-0.1, -0.05) is 64.8 Å². The fraction of sp³-hybridized carbons (Fsp3) is 0.125. The van der Waals surface area contributed by atoms with E-state index in [1.54, 1.807) is 18.0 Å². The summed E-state index contributed by atoms with van der Waals surface area (Å²) in [6, 6.07) is 12.1. The maximum Gasteiger partial charge on any atom is 0.188 e. The maximum absolute atomic E-state index is 6.19. The molecular formula is C16H12Cl2N2S2. The highest BCUT2D eigenvalue weighted by Crippen LogP contribution is 2.37. The number of rotatable bonds is 4. The van der Waals surface area contributed by atoms with Gasteiger partial charge in [0.1, 0.15) is 4.34 Å². The number of aromatic nitrogens is 2. The normalized spacial score (nSPS) is 10.9. The first-order valence-electron chi connectivity index (χ1n) is 6.58. The number of benzene rings is 1. The van der Waals surface area contributed by atoms with Crippen LogP contribution in [0.5, 0.6) is 0 Å². The van der Waals surface area contributed by atoms with Gasteiger partial charge in [0.25, 0.3) is 0 Å². The fourth-order valence-corrected chi connectivity index (χ4v) is 4.28. The van der Waals surface area contributed by atoms with E-state index in [0.29, 0.717) is 8.67 Å². The second-order valence-electron chi connectivity index (χ2n) is 4.74. The number of thiophene rings is 1. The van der Waals surface area contributed by atoms with Gasteiger partial charge in [-0.05, 0) is 24.6 Å². The van der Waals surface area contributed by atoms with Gasteiger partial charge in [0.2, 0.25) is 0 Å². The Balaban J connectivity index is 1.78. The molecule has 0 saturated heterocycles. The molecule has 0 unspecified atom stereocenters. The Kier molecular flexibility index (Phi) is 5.03. The van der Waals surface area contributed by atoms with Crippen molar-refractivity contribution in [2.75, 3.05) is 0 Å². The zero-order valence-corrected chi connectivity index (χ0v) is 14.9. The molecule has 2 nitrogen and oxygen atoms in total. The molecule has 0 fully saturated rings. The minimum atomic E-state index is 0.651.